The van der Waals surface area contributed by atoms with Gasteiger partial charge in [0.05, 0.1) is 13.1 Å². The molecule has 15 heteroatoms. The van der Waals surface area contributed by atoms with Crippen LogP contribution in [0.4, 0.5) is 18.4 Å². The van der Waals surface area contributed by atoms with Gasteiger partial charge >= 0.3 is 24.1 Å². The summed E-state index contributed by atoms with van der Waals surface area (Å²) >= 11 is 0. The van der Waals surface area contributed by atoms with E-state index in [0.29, 0.717) is 0 Å². The Morgan fingerprint density at radius 2 is 1.13 bits per heavy atom. The molecule has 0 rings (SSSR count). The lowest BCUT2D eigenvalue weighted by Crippen LogP contribution is -2.56. The van der Waals surface area contributed by atoms with E-state index in [2.05, 4.69) is 23.8 Å². The second-order valence-electron chi connectivity index (χ2n) is 9.94. The standard InChI is InChI=1S/C24H40F2N2O9P2/c1-15(2)17(29)33-11-9-27-19(31)35-13-21(5,6)23(25,38)24(26,39)37-22(7,8)14-36-20(32)28-10-12-34-18(30)16(3)4/h1,3,9-14,38-39H2,2,4-8H3,(H,27,31)(H,28,32). The number of alkyl halides is 2. The highest BCUT2D eigenvalue weighted by atomic mass is 31.0. The zero-order chi connectivity index (χ0) is 30.7. The van der Waals surface area contributed by atoms with Gasteiger partial charge in [0.2, 0.25) is 0 Å². The van der Waals surface area contributed by atoms with E-state index < -0.39 is 59.4 Å². The van der Waals surface area contributed by atoms with Gasteiger partial charge in [-0.25, -0.2) is 28.0 Å². The van der Waals surface area contributed by atoms with Crippen molar-refractivity contribution in [3.63, 3.8) is 0 Å². The van der Waals surface area contributed by atoms with Crippen molar-refractivity contribution in [1.29, 1.82) is 0 Å². The number of ether oxygens (including phenoxy) is 5. The van der Waals surface area contributed by atoms with E-state index in [0.717, 1.165) is 0 Å². The molecule has 0 fully saturated rings. The molecule has 0 spiro atoms. The summed E-state index contributed by atoms with van der Waals surface area (Å²) in [6, 6.07) is 0. The molecule has 0 heterocycles. The molecule has 0 aliphatic heterocycles. The minimum absolute atomic E-state index is 0.0452. The van der Waals surface area contributed by atoms with E-state index in [9.17, 15) is 19.2 Å². The lowest BCUT2D eigenvalue weighted by molar-refractivity contribution is -0.229. The van der Waals surface area contributed by atoms with Crippen LogP contribution in [0.3, 0.4) is 0 Å². The largest absolute Gasteiger partial charge is 0.460 e. The molecule has 0 aromatic carbocycles. The molecule has 0 aliphatic carbocycles. The number of hydrogen-bond donors (Lipinski definition) is 2. The molecule has 0 bridgehead atoms. The number of esters is 2. The summed E-state index contributed by atoms with van der Waals surface area (Å²) in [7, 11) is 3.40. The van der Waals surface area contributed by atoms with Crippen molar-refractivity contribution < 1.29 is 51.6 Å². The molecule has 0 aromatic heterocycles. The number of hydrogen-bond acceptors (Lipinski definition) is 9. The zero-order valence-corrected chi connectivity index (χ0v) is 25.6. The molecular weight excluding hydrogens is 560 g/mol. The van der Waals surface area contributed by atoms with Crippen LogP contribution in [-0.4, -0.2) is 80.2 Å². The highest BCUT2D eigenvalue weighted by Gasteiger charge is 2.60. The quantitative estimate of drug-likeness (QED) is 0.0896. The predicted octanol–water partition coefficient (Wildman–Crippen LogP) is 3.54. The van der Waals surface area contributed by atoms with Crippen molar-refractivity contribution in [2.45, 2.75) is 58.1 Å². The highest BCUT2D eigenvalue weighted by molar-refractivity contribution is 7.24. The summed E-state index contributed by atoms with van der Waals surface area (Å²) in [4.78, 5) is 46.4. The predicted molar refractivity (Wildman–Crippen MR) is 146 cm³/mol. The third-order valence-electron chi connectivity index (χ3n) is 4.93. The van der Waals surface area contributed by atoms with Gasteiger partial charge in [-0.15, -0.1) is 0 Å². The number of nitrogens with one attached hydrogen (secondary N) is 2. The number of carbonyl (C=O) groups is 4. The fourth-order valence-electron chi connectivity index (χ4n) is 2.50. The smallest absolute Gasteiger partial charge is 0.407 e. The van der Waals surface area contributed by atoms with Crippen LogP contribution in [0.25, 0.3) is 0 Å². The van der Waals surface area contributed by atoms with Crippen molar-refractivity contribution in [1.82, 2.24) is 10.6 Å². The Morgan fingerprint density at radius 1 is 0.744 bits per heavy atom. The molecule has 0 aromatic rings. The Kier molecular flexibility index (Phi) is 14.5. The van der Waals surface area contributed by atoms with Crippen molar-refractivity contribution in [3.8, 4) is 0 Å². The van der Waals surface area contributed by atoms with Gasteiger partial charge in [-0.05, 0) is 27.7 Å². The number of carbonyl (C=O) groups excluding carboxylic acids is 4. The molecular formula is C24H40F2N2O9P2. The van der Waals surface area contributed by atoms with Crippen molar-refractivity contribution in [3.05, 3.63) is 24.3 Å². The molecule has 2 N–H and O–H groups in total. The fourth-order valence-corrected chi connectivity index (χ4v) is 3.35. The lowest BCUT2D eigenvalue weighted by atomic mass is 9.87. The molecule has 2 amide bonds. The van der Waals surface area contributed by atoms with Gasteiger partial charge < -0.3 is 34.3 Å². The number of amides is 2. The normalized spacial score (nSPS) is 14.6. The highest BCUT2D eigenvalue weighted by Crippen LogP contribution is 2.54. The summed E-state index contributed by atoms with van der Waals surface area (Å²) in [6.07, 6.45) is -1.82. The first kappa shape index (κ1) is 36.6. The van der Waals surface area contributed by atoms with Gasteiger partial charge in [0.25, 0.3) is 5.60 Å². The van der Waals surface area contributed by atoms with Gasteiger partial charge in [0.15, 0.2) is 5.41 Å². The Morgan fingerprint density at radius 3 is 1.51 bits per heavy atom. The second-order valence-corrected chi connectivity index (χ2v) is 11.5. The van der Waals surface area contributed by atoms with E-state index in [4.69, 9.17) is 23.7 Å². The van der Waals surface area contributed by atoms with Crippen LogP contribution < -0.4 is 10.6 Å². The maximum Gasteiger partial charge on any atom is 0.407 e. The summed E-state index contributed by atoms with van der Waals surface area (Å²) in [5.74, 6) is -1.23. The van der Waals surface area contributed by atoms with Crippen LogP contribution in [-0.2, 0) is 33.3 Å². The first-order valence-electron chi connectivity index (χ1n) is 11.8. The third-order valence-corrected chi connectivity index (χ3v) is 6.97. The molecule has 4 unspecified atom stereocenters. The maximum absolute atomic E-state index is 15.8. The van der Waals surface area contributed by atoms with Gasteiger partial charge in [0.1, 0.15) is 32.0 Å². The Balaban J connectivity index is 4.81. The molecule has 39 heavy (non-hydrogen) atoms. The van der Waals surface area contributed by atoms with E-state index >= 15 is 8.78 Å². The monoisotopic (exact) mass is 600 g/mol. The molecule has 11 nitrogen and oxygen atoms in total. The summed E-state index contributed by atoms with van der Waals surface area (Å²) in [5.41, 5.74) is -5.75. The number of halogens is 2. The first-order chi connectivity index (χ1) is 17.6. The van der Waals surface area contributed by atoms with Crippen LogP contribution in [0.1, 0.15) is 41.5 Å². The number of rotatable bonds is 16. The summed E-state index contributed by atoms with van der Waals surface area (Å²) in [5, 5.41) is 1.85. The molecule has 0 saturated heterocycles. The van der Waals surface area contributed by atoms with Gasteiger partial charge in [0, 0.05) is 16.6 Å². The fraction of sp³-hybridized carbons (Fsp3) is 0.667. The zero-order valence-electron chi connectivity index (χ0n) is 23.2. The van der Waals surface area contributed by atoms with E-state index in [-0.39, 0.29) is 37.4 Å². The minimum Gasteiger partial charge on any atom is -0.460 e. The van der Waals surface area contributed by atoms with E-state index in [1.165, 1.54) is 41.5 Å². The average Bonchev–Trinajstić information content (AvgIpc) is 2.80. The van der Waals surface area contributed by atoms with Crippen LogP contribution >= 0.6 is 18.5 Å². The van der Waals surface area contributed by atoms with Crippen molar-refractivity contribution in [2.24, 2.45) is 5.41 Å². The first-order valence-corrected chi connectivity index (χ1v) is 12.9. The second kappa shape index (κ2) is 15.4. The van der Waals surface area contributed by atoms with Crippen molar-refractivity contribution in [2.75, 3.05) is 39.5 Å². The lowest BCUT2D eigenvalue weighted by Gasteiger charge is -2.46. The topological polar surface area (TPSA) is 138 Å². The van der Waals surface area contributed by atoms with Crippen molar-refractivity contribution >= 4 is 42.6 Å². The molecule has 4 atom stereocenters. The molecule has 0 aliphatic rings. The molecule has 224 valence electrons. The van der Waals surface area contributed by atoms with Crippen LogP contribution in [0.15, 0.2) is 24.3 Å². The average molecular weight is 601 g/mol. The Hall–Kier alpha value is -2.36. The van der Waals surface area contributed by atoms with Crippen LogP contribution in [0, 0.1) is 5.41 Å². The molecule has 0 radical (unpaired) electrons. The SMILES string of the molecule is C=C(C)C(=O)OCCNC(=O)OCC(C)(C)OC(F)(P)C(F)(P)C(C)(C)COC(=O)NCCOC(=O)C(=C)C. The van der Waals surface area contributed by atoms with E-state index in [1.54, 1.807) is 18.5 Å². The van der Waals surface area contributed by atoms with Gasteiger partial charge in [-0.3, -0.25) is 0 Å². The summed E-state index contributed by atoms with van der Waals surface area (Å²) in [6.45, 7) is 13.8. The third kappa shape index (κ3) is 13.0. The number of alkyl carbamates (subject to hydrolysis) is 2. The van der Waals surface area contributed by atoms with Gasteiger partial charge in [-0.1, -0.05) is 45.5 Å². The maximum atomic E-state index is 15.8. The molecule has 0 saturated carbocycles. The Labute approximate surface area is 232 Å². The van der Waals surface area contributed by atoms with Gasteiger partial charge in [-0.2, -0.15) is 0 Å². The Bertz CT molecular complexity index is 925. The van der Waals surface area contributed by atoms with Crippen LogP contribution in [0.2, 0.25) is 0 Å². The van der Waals surface area contributed by atoms with Crippen LogP contribution in [0.5, 0.6) is 0 Å². The minimum atomic E-state index is -3.03. The summed E-state index contributed by atoms with van der Waals surface area (Å²) < 4.78 is 56.4. The van der Waals surface area contributed by atoms with E-state index in [1.807, 2.05) is 0 Å².